The van der Waals surface area contributed by atoms with E-state index in [9.17, 15) is 4.79 Å². The molecule has 4 aromatic rings. The van der Waals surface area contributed by atoms with E-state index < -0.39 is 0 Å². The minimum atomic E-state index is -0.286. The first-order valence-electron chi connectivity index (χ1n) is 11.5. The largest absolute Gasteiger partial charge is 0.497 e. The number of aromatic nitrogens is 3. The molecule has 0 spiro atoms. The lowest BCUT2D eigenvalue weighted by atomic mass is 10.2. The lowest BCUT2D eigenvalue weighted by Crippen LogP contribution is -2.20. The Morgan fingerprint density at radius 1 is 1.00 bits per heavy atom. The molecular formula is C27H27N5O4S. The SMILES string of the molecule is CCOc1ccc(-n2c(SCC(=O)NN=Cc3cc(OC)ccc3OC)nnc2-c2ccccc2)cc1. The first kappa shape index (κ1) is 25.8. The number of nitrogens with one attached hydrogen (secondary N) is 1. The van der Waals surface area contributed by atoms with E-state index in [1.807, 2.05) is 66.1 Å². The number of thioether (sulfide) groups is 1. The summed E-state index contributed by atoms with van der Waals surface area (Å²) in [5.41, 5.74) is 5.00. The molecule has 1 N–H and O–H groups in total. The van der Waals surface area contributed by atoms with E-state index in [1.165, 1.54) is 18.0 Å². The smallest absolute Gasteiger partial charge is 0.250 e. The molecule has 3 aromatic carbocycles. The average molecular weight is 518 g/mol. The van der Waals surface area contributed by atoms with E-state index in [4.69, 9.17) is 14.2 Å². The Kier molecular flexibility index (Phi) is 8.77. The molecule has 0 aliphatic rings. The van der Waals surface area contributed by atoms with Gasteiger partial charge in [0.05, 0.1) is 32.8 Å². The van der Waals surface area contributed by atoms with Crippen LogP contribution < -0.4 is 19.6 Å². The fourth-order valence-electron chi connectivity index (χ4n) is 3.50. The van der Waals surface area contributed by atoms with Crippen LogP contribution in [0.2, 0.25) is 0 Å². The van der Waals surface area contributed by atoms with E-state index in [0.29, 0.717) is 34.7 Å². The van der Waals surface area contributed by atoms with E-state index in [2.05, 4.69) is 20.7 Å². The molecule has 10 heteroatoms. The van der Waals surface area contributed by atoms with Gasteiger partial charge in [-0.2, -0.15) is 5.10 Å². The number of hydrazone groups is 1. The lowest BCUT2D eigenvalue weighted by Gasteiger charge is -2.11. The predicted molar refractivity (Wildman–Crippen MR) is 144 cm³/mol. The zero-order valence-electron chi connectivity index (χ0n) is 20.7. The third-order valence-corrected chi connectivity index (χ3v) is 6.16. The molecule has 0 atom stereocenters. The molecular weight excluding hydrogens is 490 g/mol. The Morgan fingerprint density at radius 3 is 2.46 bits per heavy atom. The topological polar surface area (TPSA) is 99.9 Å². The molecule has 190 valence electrons. The molecule has 9 nitrogen and oxygen atoms in total. The highest BCUT2D eigenvalue weighted by Crippen LogP contribution is 2.29. The van der Waals surface area contributed by atoms with Crippen LogP contribution in [0.25, 0.3) is 17.1 Å². The number of nitrogens with zero attached hydrogens (tertiary/aromatic N) is 4. The van der Waals surface area contributed by atoms with Crippen molar-refractivity contribution in [3.63, 3.8) is 0 Å². The zero-order valence-corrected chi connectivity index (χ0v) is 21.6. The number of carbonyl (C=O) groups excluding carboxylic acids is 1. The van der Waals surface area contributed by atoms with Crippen molar-refractivity contribution in [2.24, 2.45) is 5.10 Å². The minimum absolute atomic E-state index is 0.0938. The maximum Gasteiger partial charge on any atom is 0.250 e. The summed E-state index contributed by atoms with van der Waals surface area (Å²) in [5, 5.41) is 13.4. The van der Waals surface area contributed by atoms with Gasteiger partial charge in [0, 0.05) is 16.8 Å². The second-order valence-corrected chi connectivity index (χ2v) is 8.57. The summed E-state index contributed by atoms with van der Waals surface area (Å²) >= 11 is 1.27. The Hall–Kier alpha value is -4.31. The third kappa shape index (κ3) is 6.47. The Morgan fingerprint density at radius 2 is 1.76 bits per heavy atom. The molecule has 0 saturated carbocycles. The van der Waals surface area contributed by atoms with Gasteiger partial charge in [0.15, 0.2) is 11.0 Å². The van der Waals surface area contributed by atoms with Crippen LogP contribution in [0.5, 0.6) is 17.2 Å². The third-order valence-electron chi connectivity index (χ3n) is 5.23. The standard InChI is InChI=1S/C27H27N5O4S/c1-4-36-22-12-10-21(11-13-22)32-26(19-8-6-5-7-9-19)30-31-27(32)37-18-25(33)29-28-17-20-16-23(34-2)14-15-24(20)35-3/h5-17H,4,18H2,1-3H3,(H,29,33). The molecule has 1 aromatic heterocycles. The Bertz CT molecular complexity index is 1360. The van der Waals surface area contributed by atoms with Gasteiger partial charge in [0.2, 0.25) is 0 Å². The fraction of sp³-hybridized carbons (Fsp3) is 0.185. The molecule has 4 rings (SSSR count). The van der Waals surface area contributed by atoms with Gasteiger partial charge in [-0.3, -0.25) is 9.36 Å². The van der Waals surface area contributed by atoms with Crippen LogP contribution in [-0.2, 0) is 4.79 Å². The van der Waals surface area contributed by atoms with E-state index in [-0.39, 0.29) is 11.7 Å². The number of methoxy groups -OCH3 is 2. The van der Waals surface area contributed by atoms with Crippen molar-refractivity contribution in [3.8, 4) is 34.3 Å². The van der Waals surface area contributed by atoms with Gasteiger partial charge in [-0.25, -0.2) is 5.43 Å². The monoisotopic (exact) mass is 517 g/mol. The van der Waals surface area contributed by atoms with Crippen molar-refractivity contribution < 1.29 is 19.0 Å². The van der Waals surface area contributed by atoms with Gasteiger partial charge in [0.25, 0.3) is 5.91 Å². The number of benzene rings is 3. The Labute approximate surface area is 219 Å². The van der Waals surface area contributed by atoms with E-state index >= 15 is 0 Å². The van der Waals surface area contributed by atoms with Crippen molar-refractivity contribution >= 4 is 23.9 Å². The lowest BCUT2D eigenvalue weighted by molar-refractivity contribution is -0.118. The molecule has 1 heterocycles. The summed E-state index contributed by atoms with van der Waals surface area (Å²) in [6.45, 7) is 2.53. The number of amides is 1. The number of ether oxygens (including phenoxy) is 3. The van der Waals surface area contributed by atoms with Crippen LogP contribution in [0.1, 0.15) is 12.5 Å². The highest BCUT2D eigenvalue weighted by Gasteiger charge is 2.17. The molecule has 0 aliphatic heterocycles. The van der Waals surface area contributed by atoms with Gasteiger partial charge in [0.1, 0.15) is 17.2 Å². The van der Waals surface area contributed by atoms with E-state index in [1.54, 1.807) is 32.4 Å². The highest BCUT2D eigenvalue weighted by atomic mass is 32.2. The second kappa shape index (κ2) is 12.6. The summed E-state index contributed by atoms with van der Waals surface area (Å²) in [4.78, 5) is 12.5. The molecule has 0 radical (unpaired) electrons. The number of hydrogen-bond acceptors (Lipinski definition) is 8. The maximum atomic E-state index is 12.5. The molecule has 0 saturated heterocycles. The second-order valence-electron chi connectivity index (χ2n) is 7.62. The van der Waals surface area contributed by atoms with Crippen molar-refractivity contribution in [1.29, 1.82) is 0 Å². The Balaban J connectivity index is 1.50. The van der Waals surface area contributed by atoms with Crippen molar-refractivity contribution in [3.05, 3.63) is 78.4 Å². The maximum absolute atomic E-state index is 12.5. The van der Waals surface area contributed by atoms with E-state index in [0.717, 1.165) is 17.0 Å². The van der Waals surface area contributed by atoms with Crippen LogP contribution in [0, 0.1) is 0 Å². The summed E-state index contributed by atoms with van der Waals surface area (Å²) in [6.07, 6.45) is 1.51. The summed E-state index contributed by atoms with van der Waals surface area (Å²) < 4.78 is 18.1. The van der Waals surface area contributed by atoms with Gasteiger partial charge in [-0.05, 0) is 49.4 Å². The molecule has 0 unspecified atom stereocenters. The molecule has 0 aliphatic carbocycles. The van der Waals surface area contributed by atoms with Crippen molar-refractivity contribution in [2.75, 3.05) is 26.6 Å². The number of carbonyl (C=O) groups is 1. The summed E-state index contributed by atoms with van der Waals surface area (Å²) in [6, 6.07) is 22.8. The number of hydrogen-bond donors (Lipinski definition) is 1. The first-order valence-corrected chi connectivity index (χ1v) is 12.5. The average Bonchev–Trinajstić information content (AvgIpc) is 3.37. The number of rotatable bonds is 11. The highest BCUT2D eigenvalue weighted by molar-refractivity contribution is 7.99. The van der Waals surface area contributed by atoms with Crippen LogP contribution in [-0.4, -0.2) is 53.5 Å². The van der Waals surface area contributed by atoms with Crippen LogP contribution in [0.4, 0.5) is 0 Å². The van der Waals surface area contributed by atoms with Crippen LogP contribution >= 0.6 is 11.8 Å². The van der Waals surface area contributed by atoms with Crippen molar-refractivity contribution in [1.82, 2.24) is 20.2 Å². The van der Waals surface area contributed by atoms with Gasteiger partial charge in [-0.15, -0.1) is 10.2 Å². The summed E-state index contributed by atoms with van der Waals surface area (Å²) in [7, 11) is 3.15. The first-order chi connectivity index (χ1) is 18.1. The minimum Gasteiger partial charge on any atom is -0.497 e. The molecule has 0 bridgehead atoms. The van der Waals surface area contributed by atoms with Crippen LogP contribution in [0.15, 0.2) is 83.1 Å². The van der Waals surface area contributed by atoms with Gasteiger partial charge in [-0.1, -0.05) is 42.1 Å². The molecule has 37 heavy (non-hydrogen) atoms. The molecule has 0 fully saturated rings. The molecule has 1 amide bonds. The zero-order chi connectivity index (χ0) is 26.0. The van der Waals surface area contributed by atoms with Crippen molar-refractivity contribution in [2.45, 2.75) is 12.1 Å². The summed E-state index contributed by atoms with van der Waals surface area (Å²) in [5.74, 6) is 2.54. The normalized spacial score (nSPS) is 10.9. The van der Waals surface area contributed by atoms with Crippen LogP contribution in [0.3, 0.4) is 0 Å². The van der Waals surface area contributed by atoms with Gasteiger partial charge < -0.3 is 14.2 Å². The fourth-order valence-corrected chi connectivity index (χ4v) is 4.25. The quantitative estimate of drug-likeness (QED) is 0.176. The van der Waals surface area contributed by atoms with Gasteiger partial charge >= 0.3 is 0 Å². The predicted octanol–water partition coefficient (Wildman–Crippen LogP) is 4.59.